The fourth-order valence-electron chi connectivity index (χ4n) is 3.50. The van der Waals surface area contributed by atoms with Gasteiger partial charge in [0.1, 0.15) is 0 Å². The molecule has 0 bridgehead atoms. The summed E-state index contributed by atoms with van der Waals surface area (Å²) >= 11 is 0. The summed E-state index contributed by atoms with van der Waals surface area (Å²) in [5, 5.41) is 8.92. The highest BCUT2D eigenvalue weighted by atomic mass is 16.4. The van der Waals surface area contributed by atoms with E-state index >= 15 is 0 Å². The molecule has 0 unspecified atom stereocenters. The molecule has 15 heavy (non-hydrogen) atoms. The van der Waals surface area contributed by atoms with Crippen molar-refractivity contribution in [3.05, 3.63) is 11.6 Å². The van der Waals surface area contributed by atoms with Crippen LogP contribution < -0.4 is 5.73 Å². The highest BCUT2D eigenvalue weighted by Crippen LogP contribution is 2.61. The van der Waals surface area contributed by atoms with Crippen molar-refractivity contribution in [3.63, 3.8) is 0 Å². The van der Waals surface area contributed by atoms with Gasteiger partial charge < -0.3 is 10.8 Å². The van der Waals surface area contributed by atoms with Crippen molar-refractivity contribution in [1.29, 1.82) is 0 Å². The summed E-state index contributed by atoms with van der Waals surface area (Å²) in [7, 11) is 0. The van der Waals surface area contributed by atoms with E-state index in [9.17, 15) is 4.79 Å². The number of carboxylic acids is 1. The van der Waals surface area contributed by atoms with Gasteiger partial charge in [0.25, 0.3) is 0 Å². The summed E-state index contributed by atoms with van der Waals surface area (Å²) in [5.74, 6) is 0.539. The molecule has 0 aromatic carbocycles. The molecule has 2 rings (SSSR count). The van der Waals surface area contributed by atoms with E-state index in [2.05, 4.69) is 13.0 Å². The second-order valence-corrected chi connectivity index (χ2v) is 5.06. The average Bonchev–Trinajstić information content (AvgIpc) is 2.53. The van der Waals surface area contributed by atoms with Crippen molar-refractivity contribution in [2.24, 2.45) is 23.0 Å². The highest BCUT2D eigenvalue weighted by Gasteiger charge is 2.56. The van der Waals surface area contributed by atoms with E-state index in [4.69, 9.17) is 10.8 Å². The number of rotatable bonds is 3. The smallest absolute Gasteiger partial charge is 0.303 e. The third-order valence-corrected chi connectivity index (χ3v) is 4.35. The Labute approximate surface area is 90.3 Å². The third-order valence-electron chi connectivity index (χ3n) is 4.35. The zero-order valence-corrected chi connectivity index (χ0v) is 9.20. The van der Waals surface area contributed by atoms with E-state index in [1.807, 2.05) is 0 Å². The standard InChI is InChI=1S/C12H19NO2/c1-2-8-3-9-5-12(7-13,6-11(14)15)10(9)4-8/h2,9-10H,3-7,13H2,1H3,(H,14,15)/t9-,10-,12-/m0/s1. The van der Waals surface area contributed by atoms with Gasteiger partial charge in [-0.05, 0) is 50.0 Å². The second-order valence-electron chi connectivity index (χ2n) is 5.06. The van der Waals surface area contributed by atoms with Crippen molar-refractivity contribution in [2.75, 3.05) is 6.54 Å². The van der Waals surface area contributed by atoms with Crippen molar-refractivity contribution in [1.82, 2.24) is 0 Å². The van der Waals surface area contributed by atoms with Gasteiger partial charge in [-0.3, -0.25) is 4.79 Å². The lowest BCUT2D eigenvalue weighted by molar-refractivity contribution is -0.145. The van der Waals surface area contributed by atoms with Crippen molar-refractivity contribution >= 4 is 5.97 Å². The van der Waals surface area contributed by atoms with Crippen LogP contribution in [0.4, 0.5) is 0 Å². The number of aliphatic carboxylic acids is 1. The molecule has 0 heterocycles. The molecule has 3 N–H and O–H groups in total. The Hall–Kier alpha value is -0.830. The van der Waals surface area contributed by atoms with Gasteiger partial charge in [-0.2, -0.15) is 0 Å². The maximum absolute atomic E-state index is 10.8. The van der Waals surface area contributed by atoms with E-state index in [1.165, 1.54) is 12.0 Å². The summed E-state index contributed by atoms with van der Waals surface area (Å²) in [4.78, 5) is 10.8. The first-order valence-electron chi connectivity index (χ1n) is 5.67. The second kappa shape index (κ2) is 3.63. The predicted octanol–water partition coefficient (Wildman–Crippen LogP) is 1.78. The molecule has 0 aromatic rings. The van der Waals surface area contributed by atoms with E-state index in [0.717, 1.165) is 12.8 Å². The number of nitrogens with two attached hydrogens (primary N) is 1. The van der Waals surface area contributed by atoms with Crippen LogP contribution in [0, 0.1) is 17.3 Å². The minimum atomic E-state index is -0.701. The fourth-order valence-corrected chi connectivity index (χ4v) is 3.50. The van der Waals surface area contributed by atoms with Crippen molar-refractivity contribution in [2.45, 2.75) is 32.6 Å². The summed E-state index contributed by atoms with van der Waals surface area (Å²) in [5.41, 5.74) is 7.17. The predicted molar refractivity (Wildman–Crippen MR) is 58.3 cm³/mol. The minimum absolute atomic E-state index is 0.0960. The zero-order chi connectivity index (χ0) is 11.1. The zero-order valence-electron chi connectivity index (χ0n) is 9.20. The van der Waals surface area contributed by atoms with Gasteiger partial charge in [0.2, 0.25) is 0 Å². The lowest BCUT2D eigenvalue weighted by atomic mass is 9.53. The Morgan fingerprint density at radius 2 is 2.40 bits per heavy atom. The molecule has 0 aromatic heterocycles. The van der Waals surface area contributed by atoms with Crippen LogP contribution in [0.1, 0.15) is 32.6 Å². The first-order valence-corrected chi connectivity index (χ1v) is 5.67. The molecular formula is C12H19NO2. The molecule has 2 aliphatic carbocycles. The Balaban J connectivity index is 2.09. The average molecular weight is 209 g/mol. The van der Waals surface area contributed by atoms with E-state index in [0.29, 0.717) is 18.4 Å². The molecule has 0 amide bonds. The maximum atomic E-state index is 10.8. The molecule has 0 saturated heterocycles. The molecule has 3 nitrogen and oxygen atoms in total. The number of fused-ring (bicyclic) bond motifs is 1. The molecule has 2 fully saturated rings. The normalized spacial score (nSPS) is 41.3. The molecule has 84 valence electrons. The number of carbonyl (C=O) groups is 1. The van der Waals surface area contributed by atoms with Crippen LogP contribution in [0.3, 0.4) is 0 Å². The summed E-state index contributed by atoms with van der Waals surface area (Å²) in [6.45, 7) is 2.60. The Morgan fingerprint density at radius 1 is 1.67 bits per heavy atom. The highest BCUT2D eigenvalue weighted by molar-refractivity contribution is 5.68. The van der Waals surface area contributed by atoms with Gasteiger partial charge in [-0.15, -0.1) is 0 Å². The van der Waals surface area contributed by atoms with E-state index in [1.54, 1.807) is 0 Å². The first-order chi connectivity index (χ1) is 7.11. The largest absolute Gasteiger partial charge is 0.481 e. The molecule has 3 atom stereocenters. The Kier molecular flexibility index (Phi) is 2.59. The lowest BCUT2D eigenvalue weighted by Gasteiger charge is -2.51. The molecule has 2 aliphatic rings. The third kappa shape index (κ3) is 1.59. The maximum Gasteiger partial charge on any atom is 0.303 e. The van der Waals surface area contributed by atoms with Crippen LogP contribution in [0.25, 0.3) is 0 Å². The number of carboxylic acid groups (broad SMARTS) is 1. The lowest BCUT2D eigenvalue weighted by Crippen LogP contribution is -2.51. The monoisotopic (exact) mass is 209 g/mol. The minimum Gasteiger partial charge on any atom is -0.481 e. The summed E-state index contributed by atoms with van der Waals surface area (Å²) in [6, 6.07) is 0. The van der Waals surface area contributed by atoms with Crippen LogP contribution in [0.5, 0.6) is 0 Å². The van der Waals surface area contributed by atoms with Gasteiger partial charge in [0.05, 0.1) is 6.42 Å². The summed E-state index contributed by atoms with van der Waals surface area (Å²) < 4.78 is 0. The number of allylic oxidation sites excluding steroid dienone is 2. The molecule has 0 spiro atoms. The number of hydrogen-bond donors (Lipinski definition) is 2. The SMILES string of the molecule is CC=C1C[C@H]2C[C@@](CN)(CC(=O)O)[C@H]2C1. The van der Waals surface area contributed by atoms with Crippen LogP contribution in [-0.4, -0.2) is 17.6 Å². The summed E-state index contributed by atoms with van der Waals surface area (Å²) in [6.07, 6.45) is 5.69. The van der Waals surface area contributed by atoms with Gasteiger partial charge in [-0.1, -0.05) is 11.6 Å². The molecular weight excluding hydrogens is 190 g/mol. The Bertz CT molecular complexity index is 311. The van der Waals surface area contributed by atoms with Gasteiger partial charge in [0.15, 0.2) is 0 Å². The van der Waals surface area contributed by atoms with Crippen LogP contribution in [0.15, 0.2) is 11.6 Å². The molecule has 2 saturated carbocycles. The molecule has 3 heteroatoms. The van der Waals surface area contributed by atoms with E-state index in [-0.39, 0.29) is 11.8 Å². The van der Waals surface area contributed by atoms with Crippen LogP contribution in [-0.2, 0) is 4.79 Å². The Morgan fingerprint density at radius 3 is 2.93 bits per heavy atom. The molecule has 0 aliphatic heterocycles. The first kappa shape index (κ1) is 10.7. The van der Waals surface area contributed by atoms with Crippen LogP contribution >= 0.6 is 0 Å². The van der Waals surface area contributed by atoms with Crippen molar-refractivity contribution < 1.29 is 9.90 Å². The van der Waals surface area contributed by atoms with E-state index < -0.39 is 5.97 Å². The number of hydrogen-bond acceptors (Lipinski definition) is 2. The van der Waals surface area contributed by atoms with Crippen molar-refractivity contribution in [3.8, 4) is 0 Å². The fraction of sp³-hybridized carbons (Fsp3) is 0.750. The quantitative estimate of drug-likeness (QED) is 0.696. The van der Waals surface area contributed by atoms with Gasteiger partial charge >= 0.3 is 5.97 Å². The van der Waals surface area contributed by atoms with Gasteiger partial charge in [0, 0.05) is 0 Å². The topological polar surface area (TPSA) is 63.3 Å². The van der Waals surface area contributed by atoms with Gasteiger partial charge in [-0.25, -0.2) is 0 Å². The molecule has 0 radical (unpaired) electrons. The van der Waals surface area contributed by atoms with Crippen LogP contribution in [0.2, 0.25) is 0 Å².